The average Bonchev–Trinajstić information content (AvgIpc) is 3.24. The Kier molecular flexibility index (Phi) is 4.63. The van der Waals surface area contributed by atoms with E-state index in [2.05, 4.69) is 10.6 Å². The highest BCUT2D eigenvalue weighted by Crippen LogP contribution is 2.46. The van der Waals surface area contributed by atoms with Gasteiger partial charge in [0.25, 0.3) is 11.6 Å². The van der Waals surface area contributed by atoms with Crippen LogP contribution in [-0.4, -0.2) is 35.4 Å². The van der Waals surface area contributed by atoms with Gasteiger partial charge in [0.2, 0.25) is 0 Å². The lowest BCUT2D eigenvalue weighted by Crippen LogP contribution is -2.31. The van der Waals surface area contributed by atoms with Crippen LogP contribution in [0.3, 0.4) is 0 Å². The molecule has 8 heteroatoms. The normalized spacial score (nSPS) is 15.4. The highest BCUT2D eigenvalue weighted by molar-refractivity contribution is 8.00. The second kappa shape index (κ2) is 6.11. The Morgan fingerprint density at radius 1 is 1.52 bits per heavy atom. The van der Waals surface area contributed by atoms with E-state index in [1.165, 1.54) is 12.1 Å². The Hall–Kier alpha value is -1.47. The molecule has 1 aliphatic carbocycles. The van der Waals surface area contributed by atoms with Gasteiger partial charge in [-0.2, -0.15) is 11.8 Å². The van der Waals surface area contributed by atoms with Crippen molar-refractivity contribution in [1.82, 2.24) is 5.32 Å². The predicted octanol–water partition coefficient (Wildman–Crippen LogP) is 2.92. The van der Waals surface area contributed by atoms with Gasteiger partial charge in [0.15, 0.2) is 0 Å². The molecule has 2 N–H and O–H groups in total. The van der Waals surface area contributed by atoms with Crippen LogP contribution in [0.1, 0.15) is 23.2 Å². The predicted molar refractivity (Wildman–Crippen MR) is 85.5 cm³/mol. The molecule has 6 nitrogen and oxygen atoms in total. The van der Waals surface area contributed by atoms with E-state index in [9.17, 15) is 14.9 Å². The summed E-state index contributed by atoms with van der Waals surface area (Å²) in [4.78, 5) is 22.6. The summed E-state index contributed by atoms with van der Waals surface area (Å²) >= 11 is 7.74. The first-order valence-corrected chi connectivity index (χ1v) is 8.02. The monoisotopic (exact) mass is 329 g/mol. The smallest absolute Gasteiger partial charge is 0.294 e. The molecule has 0 saturated heterocycles. The highest BCUT2D eigenvalue weighted by Gasteiger charge is 2.42. The molecule has 0 unspecified atom stereocenters. The van der Waals surface area contributed by atoms with Gasteiger partial charge >= 0.3 is 0 Å². The fourth-order valence-electron chi connectivity index (χ4n) is 2.05. The lowest BCUT2D eigenvalue weighted by Gasteiger charge is -2.13. The summed E-state index contributed by atoms with van der Waals surface area (Å²) in [6, 6.07) is 2.68. The fourth-order valence-corrected chi connectivity index (χ4v) is 3.09. The van der Waals surface area contributed by atoms with Crippen LogP contribution >= 0.6 is 23.4 Å². The summed E-state index contributed by atoms with van der Waals surface area (Å²) in [5, 5.41) is 16.7. The maximum absolute atomic E-state index is 12.1. The third-order valence-corrected chi connectivity index (χ3v) is 5.31. The van der Waals surface area contributed by atoms with Crippen molar-refractivity contribution in [2.75, 3.05) is 25.2 Å². The van der Waals surface area contributed by atoms with Crippen molar-refractivity contribution in [3.05, 3.63) is 32.8 Å². The molecule has 2 rings (SSSR count). The SMILES string of the molecule is CNc1c(Cl)cc(C(=O)NCC2(SC)CC2)cc1[N+](=O)[O-]. The molecular weight excluding hydrogens is 314 g/mol. The second-order valence-electron chi connectivity index (χ2n) is 4.93. The summed E-state index contributed by atoms with van der Waals surface area (Å²) in [7, 11) is 1.54. The first kappa shape index (κ1) is 15.9. The summed E-state index contributed by atoms with van der Waals surface area (Å²) in [6.07, 6.45) is 4.17. The summed E-state index contributed by atoms with van der Waals surface area (Å²) < 4.78 is 0.135. The molecule has 0 atom stereocenters. The van der Waals surface area contributed by atoms with Gasteiger partial charge in [-0.05, 0) is 25.2 Å². The zero-order valence-electron chi connectivity index (χ0n) is 11.7. The number of nitro groups is 1. The summed E-state index contributed by atoms with van der Waals surface area (Å²) in [5.74, 6) is -0.344. The van der Waals surface area contributed by atoms with Crippen LogP contribution in [0, 0.1) is 10.1 Å². The van der Waals surface area contributed by atoms with Crippen molar-refractivity contribution < 1.29 is 9.72 Å². The number of rotatable bonds is 6. The van der Waals surface area contributed by atoms with Crippen LogP contribution in [-0.2, 0) is 0 Å². The Bertz CT molecular complexity index is 590. The van der Waals surface area contributed by atoms with E-state index in [0.29, 0.717) is 6.54 Å². The van der Waals surface area contributed by atoms with Gasteiger partial charge in [-0.25, -0.2) is 0 Å². The van der Waals surface area contributed by atoms with Crippen LogP contribution in [0.5, 0.6) is 0 Å². The molecule has 21 heavy (non-hydrogen) atoms. The molecule has 1 saturated carbocycles. The number of nitrogens with zero attached hydrogens (tertiary/aromatic N) is 1. The van der Waals surface area contributed by atoms with E-state index in [0.717, 1.165) is 12.8 Å². The minimum absolute atomic E-state index is 0.135. The minimum atomic E-state index is -0.557. The highest BCUT2D eigenvalue weighted by atomic mass is 35.5. The number of nitrogens with one attached hydrogen (secondary N) is 2. The van der Waals surface area contributed by atoms with Gasteiger partial charge in [0, 0.05) is 30.0 Å². The van der Waals surface area contributed by atoms with Gasteiger partial charge in [-0.15, -0.1) is 0 Å². The molecule has 0 spiro atoms. The van der Waals surface area contributed by atoms with E-state index >= 15 is 0 Å². The minimum Gasteiger partial charge on any atom is -0.381 e. The number of hydrogen-bond acceptors (Lipinski definition) is 5. The van der Waals surface area contributed by atoms with Crippen LogP contribution in [0.25, 0.3) is 0 Å². The van der Waals surface area contributed by atoms with Crippen LogP contribution in [0.15, 0.2) is 12.1 Å². The molecular formula is C13H16ClN3O3S. The number of carbonyl (C=O) groups excluding carboxylic acids is 1. The summed E-state index contributed by atoms with van der Waals surface area (Å²) in [5.41, 5.74) is 0.199. The number of thioether (sulfide) groups is 1. The molecule has 1 aliphatic rings. The number of carbonyl (C=O) groups is 1. The number of halogens is 1. The molecule has 1 aromatic rings. The summed E-state index contributed by atoms with van der Waals surface area (Å²) in [6.45, 7) is 0.562. The Balaban J connectivity index is 2.19. The van der Waals surface area contributed by atoms with Gasteiger partial charge in [0.05, 0.1) is 9.95 Å². The third kappa shape index (κ3) is 3.41. The van der Waals surface area contributed by atoms with Crippen molar-refractivity contribution in [1.29, 1.82) is 0 Å². The number of benzene rings is 1. The first-order valence-electron chi connectivity index (χ1n) is 6.41. The zero-order chi connectivity index (χ0) is 15.6. The zero-order valence-corrected chi connectivity index (χ0v) is 13.3. The molecule has 0 radical (unpaired) electrons. The third-order valence-electron chi connectivity index (χ3n) is 3.59. The average molecular weight is 330 g/mol. The van der Waals surface area contributed by atoms with Gasteiger partial charge in [-0.1, -0.05) is 11.6 Å². The molecule has 0 aromatic heterocycles. The topological polar surface area (TPSA) is 84.3 Å². The molecule has 1 aromatic carbocycles. The Morgan fingerprint density at radius 2 is 2.19 bits per heavy atom. The van der Waals surface area contributed by atoms with Crippen LogP contribution in [0.2, 0.25) is 5.02 Å². The van der Waals surface area contributed by atoms with Gasteiger partial charge < -0.3 is 10.6 Å². The number of hydrogen-bond donors (Lipinski definition) is 2. The van der Waals surface area contributed by atoms with Crippen molar-refractivity contribution in [2.24, 2.45) is 0 Å². The van der Waals surface area contributed by atoms with E-state index in [-0.39, 0.29) is 32.6 Å². The number of nitro benzene ring substituents is 1. The largest absolute Gasteiger partial charge is 0.381 e. The standard InChI is InChI=1S/C13H16ClN3O3S/c1-15-11-9(14)5-8(6-10(11)17(19)20)12(18)16-7-13(21-2)3-4-13/h5-6,15H,3-4,7H2,1-2H3,(H,16,18). The number of anilines is 1. The molecule has 1 fully saturated rings. The second-order valence-corrected chi connectivity index (χ2v) is 6.61. The molecule has 114 valence electrons. The van der Waals surface area contributed by atoms with E-state index in [1.807, 2.05) is 6.26 Å². The van der Waals surface area contributed by atoms with E-state index < -0.39 is 4.92 Å². The molecule has 1 amide bonds. The van der Waals surface area contributed by atoms with Gasteiger partial charge in [0.1, 0.15) is 5.69 Å². The molecule has 0 heterocycles. The maximum Gasteiger partial charge on any atom is 0.294 e. The van der Waals surface area contributed by atoms with Crippen molar-refractivity contribution in [3.63, 3.8) is 0 Å². The quantitative estimate of drug-likeness (QED) is 0.619. The van der Waals surface area contributed by atoms with Crippen LogP contribution in [0.4, 0.5) is 11.4 Å². The van der Waals surface area contributed by atoms with Crippen molar-refractivity contribution in [3.8, 4) is 0 Å². The Morgan fingerprint density at radius 3 is 2.67 bits per heavy atom. The van der Waals surface area contributed by atoms with Gasteiger partial charge in [-0.3, -0.25) is 14.9 Å². The molecule has 0 bridgehead atoms. The Labute approximate surface area is 131 Å². The van der Waals surface area contributed by atoms with Crippen LogP contribution < -0.4 is 10.6 Å². The maximum atomic E-state index is 12.1. The number of amides is 1. The first-order chi connectivity index (χ1) is 9.92. The molecule has 0 aliphatic heterocycles. The van der Waals surface area contributed by atoms with Crippen molar-refractivity contribution in [2.45, 2.75) is 17.6 Å². The van der Waals surface area contributed by atoms with E-state index in [4.69, 9.17) is 11.6 Å². The van der Waals surface area contributed by atoms with E-state index in [1.54, 1.807) is 18.8 Å². The lowest BCUT2D eigenvalue weighted by atomic mass is 10.1. The fraction of sp³-hybridized carbons (Fsp3) is 0.462. The van der Waals surface area contributed by atoms with Crippen molar-refractivity contribution >= 4 is 40.6 Å². The lowest BCUT2D eigenvalue weighted by molar-refractivity contribution is -0.383.